The predicted molar refractivity (Wildman–Crippen MR) is 78.2 cm³/mol. The van der Waals surface area contributed by atoms with E-state index in [0.29, 0.717) is 16.8 Å². The number of benzene rings is 2. The molecule has 3 heteroatoms. The van der Waals surface area contributed by atoms with E-state index in [1.807, 2.05) is 43.3 Å². The van der Waals surface area contributed by atoms with Gasteiger partial charge in [-0.2, -0.15) is 0 Å². The summed E-state index contributed by atoms with van der Waals surface area (Å²) >= 11 is 2.22. The first kappa shape index (κ1) is 12.1. The molecule has 2 rings (SSSR count). The summed E-state index contributed by atoms with van der Waals surface area (Å²) in [6.07, 6.45) is 0. The maximum absolute atomic E-state index is 12.3. The van der Waals surface area contributed by atoms with E-state index >= 15 is 0 Å². The molecule has 0 saturated heterocycles. The van der Waals surface area contributed by atoms with E-state index in [0.717, 1.165) is 9.13 Å². The quantitative estimate of drug-likeness (QED) is 0.518. The Morgan fingerprint density at radius 1 is 1.12 bits per heavy atom. The number of hydrogen-bond donors (Lipinski definition) is 1. The van der Waals surface area contributed by atoms with Crippen molar-refractivity contribution in [3.63, 3.8) is 0 Å². The van der Waals surface area contributed by atoms with Crippen molar-refractivity contribution in [1.29, 1.82) is 0 Å². The maximum Gasteiger partial charge on any atom is 0.193 e. The largest absolute Gasteiger partial charge is 0.398 e. The zero-order chi connectivity index (χ0) is 12.4. The highest BCUT2D eigenvalue weighted by Crippen LogP contribution is 2.19. The fraction of sp³-hybridized carbons (Fsp3) is 0.0714. The fourth-order valence-corrected chi connectivity index (χ4v) is 2.02. The van der Waals surface area contributed by atoms with Crippen LogP contribution in [-0.4, -0.2) is 5.78 Å². The zero-order valence-corrected chi connectivity index (χ0v) is 11.6. The summed E-state index contributed by atoms with van der Waals surface area (Å²) in [6, 6.07) is 13.0. The van der Waals surface area contributed by atoms with Gasteiger partial charge in [0, 0.05) is 20.4 Å². The smallest absolute Gasteiger partial charge is 0.193 e. The molecule has 0 amide bonds. The third-order valence-corrected chi connectivity index (χ3v) is 3.45. The number of nitrogens with two attached hydrogens (primary N) is 1. The third kappa shape index (κ3) is 2.49. The summed E-state index contributed by atoms with van der Waals surface area (Å²) in [4.78, 5) is 12.3. The van der Waals surface area contributed by atoms with Crippen LogP contribution in [-0.2, 0) is 0 Å². The van der Waals surface area contributed by atoms with E-state index in [1.54, 1.807) is 6.07 Å². The van der Waals surface area contributed by atoms with Crippen LogP contribution in [0.25, 0.3) is 0 Å². The average molecular weight is 337 g/mol. The van der Waals surface area contributed by atoms with Gasteiger partial charge in [-0.15, -0.1) is 0 Å². The van der Waals surface area contributed by atoms with Crippen LogP contribution in [0.3, 0.4) is 0 Å². The Morgan fingerprint density at radius 3 is 2.41 bits per heavy atom. The molecular formula is C14H12INO. The number of anilines is 1. The van der Waals surface area contributed by atoms with Crippen molar-refractivity contribution in [2.75, 3.05) is 5.73 Å². The van der Waals surface area contributed by atoms with Crippen LogP contribution >= 0.6 is 22.6 Å². The van der Waals surface area contributed by atoms with E-state index < -0.39 is 0 Å². The first-order valence-electron chi connectivity index (χ1n) is 5.25. The van der Waals surface area contributed by atoms with Crippen LogP contribution in [0.2, 0.25) is 0 Å². The average Bonchev–Trinajstić information content (AvgIpc) is 2.33. The number of ketones is 1. The molecule has 0 aromatic heterocycles. The van der Waals surface area contributed by atoms with Crippen molar-refractivity contribution in [3.8, 4) is 0 Å². The second-order valence-electron chi connectivity index (χ2n) is 3.86. The number of halogens is 1. The molecule has 2 aromatic rings. The number of carbonyl (C=O) groups excluding carboxylic acids is 1. The Morgan fingerprint density at radius 2 is 1.76 bits per heavy atom. The minimum Gasteiger partial charge on any atom is -0.398 e. The first-order chi connectivity index (χ1) is 8.09. The lowest BCUT2D eigenvalue weighted by Crippen LogP contribution is -2.05. The molecule has 0 heterocycles. The van der Waals surface area contributed by atoms with Gasteiger partial charge in [0.25, 0.3) is 0 Å². The highest BCUT2D eigenvalue weighted by Gasteiger charge is 2.12. The van der Waals surface area contributed by atoms with Gasteiger partial charge in [0.15, 0.2) is 5.78 Å². The summed E-state index contributed by atoms with van der Waals surface area (Å²) in [7, 11) is 0. The van der Waals surface area contributed by atoms with Gasteiger partial charge in [-0.05, 0) is 65.4 Å². The molecule has 0 fully saturated rings. The minimum atomic E-state index is 0.0196. The van der Waals surface area contributed by atoms with Crippen molar-refractivity contribution >= 4 is 34.1 Å². The van der Waals surface area contributed by atoms with E-state index in [4.69, 9.17) is 5.73 Å². The summed E-state index contributed by atoms with van der Waals surface area (Å²) in [5.41, 5.74) is 8.67. The van der Waals surface area contributed by atoms with Crippen molar-refractivity contribution in [2.45, 2.75) is 6.92 Å². The third-order valence-electron chi connectivity index (χ3n) is 2.73. The Kier molecular flexibility index (Phi) is 3.47. The molecule has 0 spiro atoms. The Hall–Kier alpha value is -1.36. The van der Waals surface area contributed by atoms with Crippen LogP contribution < -0.4 is 5.73 Å². The molecule has 0 aliphatic heterocycles. The fourth-order valence-electron chi connectivity index (χ4n) is 1.66. The van der Waals surface area contributed by atoms with Gasteiger partial charge >= 0.3 is 0 Å². The highest BCUT2D eigenvalue weighted by atomic mass is 127. The molecule has 0 atom stereocenters. The minimum absolute atomic E-state index is 0.0196. The van der Waals surface area contributed by atoms with E-state index in [1.165, 1.54) is 0 Å². The number of hydrogen-bond acceptors (Lipinski definition) is 2. The van der Waals surface area contributed by atoms with E-state index in [9.17, 15) is 4.79 Å². The zero-order valence-electron chi connectivity index (χ0n) is 9.41. The first-order valence-corrected chi connectivity index (χ1v) is 6.33. The van der Waals surface area contributed by atoms with Gasteiger partial charge in [-0.1, -0.05) is 12.1 Å². The monoisotopic (exact) mass is 337 g/mol. The molecule has 2 aromatic carbocycles. The SMILES string of the molecule is Cc1c(N)cccc1C(=O)c1ccc(I)cc1. The van der Waals surface area contributed by atoms with Gasteiger partial charge in [-0.3, -0.25) is 4.79 Å². The van der Waals surface area contributed by atoms with Crippen LogP contribution in [0, 0.1) is 10.5 Å². The van der Waals surface area contributed by atoms with Crippen LogP contribution in [0.5, 0.6) is 0 Å². The summed E-state index contributed by atoms with van der Waals surface area (Å²) in [6.45, 7) is 1.87. The maximum atomic E-state index is 12.3. The molecule has 0 radical (unpaired) electrons. The van der Waals surface area contributed by atoms with Gasteiger partial charge in [0.1, 0.15) is 0 Å². The molecule has 0 saturated carbocycles. The van der Waals surface area contributed by atoms with E-state index in [-0.39, 0.29) is 5.78 Å². The number of rotatable bonds is 2. The predicted octanol–water partition coefficient (Wildman–Crippen LogP) is 3.41. The lowest BCUT2D eigenvalue weighted by molar-refractivity contribution is 0.103. The van der Waals surface area contributed by atoms with Crippen molar-refractivity contribution in [3.05, 3.63) is 62.7 Å². The second-order valence-corrected chi connectivity index (χ2v) is 5.10. The summed E-state index contributed by atoms with van der Waals surface area (Å²) in [5, 5.41) is 0. The Labute approximate surface area is 114 Å². The summed E-state index contributed by atoms with van der Waals surface area (Å²) < 4.78 is 1.11. The number of nitrogen functional groups attached to an aromatic ring is 1. The van der Waals surface area contributed by atoms with Crippen molar-refractivity contribution < 1.29 is 4.79 Å². The highest BCUT2D eigenvalue weighted by molar-refractivity contribution is 14.1. The Balaban J connectivity index is 2.44. The molecule has 86 valence electrons. The topological polar surface area (TPSA) is 43.1 Å². The van der Waals surface area contributed by atoms with Crippen LogP contribution in [0.4, 0.5) is 5.69 Å². The van der Waals surface area contributed by atoms with E-state index in [2.05, 4.69) is 22.6 Å². The normalized spacial score (nSPS) is 10.2. The van der Waals surface area contributed by atoms with Crippen LogP contribution in [0.15, 0.2) is 42.5 Å². The standard InChI is InChI=1S/C14H12INO/c1-9-12(3-2-4-13(9)16)14(17)10-5-7-11(15)8-6-10/h2-8H,16H2,1H3. The Bertz CT molecular complexity index is 561. The molecule has 0 bridgehead atoms. The van der Waals surface area contributed by atoms with Gasteiger partial charge in [-0.25, -0.2) is 0 Å². The van der Waals surface area contributed by atoms with Gasteiger partial charge in [0.05, 0.1) is 0 Å². The molecule has 2 nitrogen and oxygen atoms in total. The molecule has 17 heavy (non-hydrogen) atoms. The molecule has 0 unspecified atom stereocenters. The molecular weight excluding hydrogens is 325 g/mol. The van der Waals surface area contributed by atoms with Crippen molar-refractivity contribution in [2.24, 2.45) is 0 Å². The molecule has 0 aliphatic carbocycles. The van der Waals surface area contributed by atoms with Gasteiger partial charge < -0.3 is 5.73 Å². The second kappa shape index (κ2) is 4.87. The lowest BCUT2D eigenvalue weighted by Gasteiger charge is -2.07. The lowest BCUT2D eigenvalue weighted by atomic mass is 9.98. The van der Waals surface area contributed by atoms with Gasteiger partial charge in [0.2, 0.25) is 0 Å². The van der Waals surface area contributed by atoms with Crippen molar-refractivity contribution in [1.82, 2.24) is 0 Å². The summed E-state index contributed by atoms with van der Waals surface area (Å²) in [5.74, 6) is 0.0196. The van der Waals surface area contributed by atoms with Crippen LogP contribution in [0.1, 0.15) is 21.5 Å². The molecule has 0 aliphatic rings. The molecule has 2 N–H and O–H groups in total. The number of carbonyl (C=O) groups is 1.